The lowest BCUT2D eigenvalue weighted by atomic mass is 9.88. The van der Waals surface area contributed by atoms with Gasteiger partial charge in [-0.1, -0.05) is 0 Å². The Morgan fingerprint density at radius 1 is 0.821 bits per heavy atom. The summed E-state index contributed by atoms with van der Waals surface area (Å²) >= 11 is 0. The molecule has 1 saturated heterocycles. The number of hydrogen-bond acceptors (Lipinski definition) is 14. The van der Waals surface area contributed by atoms with Gasteiger partial charge in [-0.25, -0.2) is 0 Å². The molecule has 3 aliphatic rings. The zero-order chi connectivity index (χ0) is 28.9. The zero-order valence-corrected chi connectivity index (χ0v) is 22.1. The van der Waals surface area contributed by atoms with Crippen molar-refractivity contribution in [1.82, 2.24) is 0 Å². The predicted molar refractivity (Wildman–Crippen MR) is 125 cm³/mol. The fraction of sp³-hybridized carbons (Fsp3) is 0.640. The number of esters is 5. The first-order valence-electron chi connectivity index (χ1n) is 12.2. The Morgan fingerprint density at radius 3 is 2.03 bits per heavy atom. The summed E-state index contributed by atoms with van der Waals surface area (Å²) in [6.07, 6.45) is -4.41. The number of hydrogen-bond donors (Lipinski definition) is 1. The third-order valence-corrected chi connectivity index (χ3v) is 6.09. The van der Waals surface area contributed by atoms with Crippen LogP contribution in [0.3, 0.4) is 0 Å². The average molecular weight is 557 g/mol. The van der Waals surface area contributed by atoms with E-state index < -0.39 is 91.4 Å². The van der Waals surface area contributed by atoms with Gasteiger partial charge in [0.1, 0.15) is 31.5 Å². The fourth-order valence-electron chi connectivity index (χ4n) is 4.65. The molecule has 2 aliphatic heterocycles. The van der Waals surface area contributed by atoms with E-state index >= 15 is 0 Å². The van der Waals surface area contributed by atoms with Crippen LogP contribution in [0.15, 0.2) is 24.0 Å². The Kier molecular flexibility index (Phi) is 10.1. The van der Waals surface area contributed by atoms with Crippen LogP contribution in [0.1, 0.15) is 34.6 Å². The van der Waals surface area contributed by atoms with E-state index in [9.17, 15) is 29.1 Å². The topological polar surface area (TPSA) is 179 Å². The number of aliphatic hydroxyl groups is 1. The molecule has 3 rings (SSSR count). The fourth-order valence-corrected chi connectivity index (χ4v) is 4.65. The smallest absolute Gasteiger partial charge is 0.303 e. The van der Waals surface area contributed by atoms with Gasteiger partial charge in [-0.15, -0.1) is 0 Å². The van der Waals surface area contributed by atoms with Gasteiger partial charge in [0, 0.05) is 40.5 Å². The van der Waals surface area contributed by atoms with Gasteiger partial charge in [0.05, 0.1) is 12.2 Å². The van der Waals surface area contributed by atoms with Crippen molar-refractivity contribution in [2.45, 2.75) is 77.7 Å². The van der Waals surface area contributed by atoms with E-state index in [1.165, 1.54) is 20.1 Å². The molecule has 0 spiro atoms. The number of carbonyl (C=O) groups excluding carboxylic acids is 5. The first-order chi connectivity index (χ1) is 18.4. The molecule has 0 aromatic rings. The lowest BCUT2D eigenvalue weighted by Crippen LogP contribution is -2.62. The maximum absolute atomic E-state index is 11.8. The van der Waals surface area contributed by atoms with Crippen LogP contribution in [0.2, 0.25) is 0 Å². The number of rotatable bonds is 9. The van der Waals surface area contributed by atoms with Gasteiger partial charge in [-0.05, 0) is 17.7 Å². The third-order valence-electron chi connectivity index (χ3n) is 6.09. The van der Waals surface area contributed by atoms with E-state index in [4.69, 9.17) is 37.9 Å². The largest absolute Gasteiger partial charge is 0.472 e. The number of ether oxygens (including phenoxy) is 8. The highest BCUT2D eigenvalue weighted by atomic mass is 16.8. The maximum atomic E-state index is 11.8. The Balaban J connectivity index is 1.88. The summed E-state index contributed by atoms with van der Waals surface area (Å²) in [7, 11) is 0. The normalized spacial score (nSPS) is 33.1. The molecule has 14 nitrogen and oxygen atoms in total. The molecule has 1 aliphatic carbocycles. The molecule has 0 bridgehead atoms. The van der Waals surface area contributed by atoms with Crippen molar-refractivity contribution in [2.24, 2.45) is 11.8 Å². The van der Waals surface area contributed by atoms with Gasteiger partial charge in [0.25, 0.3) is 0 Å². The van der Waals surface area contributed by atoms with E-state index in [-0.39, 0.29) is 6.61 Å². The van der Waals surface area contributed by atoms with Crippen LogP contribution in [-0.2, 0) is 61.9 Å². The van der Waals surface area contributed by atoms with Crippen LogP contribution in [-0.4, -0.2) is 91.3 Å². The Labute approximate surface area is 224 Å². The summed E-state index contributed by atoms with van der Waals surface area (Å²) in [5.74, 6) is -4.36. The summed E-state index contributed by atoms with van der Waals surface area (Å²) in [5, 5.41) is 11.1. The van der Waals surface area contributed by atoms with Gasteiger partial charge in [-0.2, -0.15) is 0 Å². The van der Waals surface area contributed by atoms with E-state index in [2.05, 4.69) is 0 Å². The monoisotopic (exact) mass is 556 g/mol. The van der Waals surface area contributed by atoms with Crippen LogP contribution in [0.5, 0.6) is 0 Å². The molecular formula is C25H32O14. The van der Waals surface area contributed by atoms with E-state index in [0.29, 0.717) is 5.57 Å². The second kappa shape index (κ2) is 13.0. The molecule has 1 fully saturated rings. The minimum absolute atomic E-state index is 0.140. The van der Waals surface area contributed by atoms with Crippen molar-refractivity contribution >= 4 is 29.8 Å². The summed E-state index contributed by atoms with van der Waals surface area (Å²) in [6.45, 7) is 5.32. The van der Waals surface area contributed by atoms with Crippen LogP contribution in [0.4, 0.5) is 0 Å². The molecule has 14 heteroatoms. The van der Waals surface area contributed by atoms with Gasteiger partial charge < -0.3 is 43.0 Å². The van der Waals surface area contributed by atoms with Crippen LogP contribution in [0, 0.1) is 11.8 Å². The minimum Gasteiger partial charge on any atom is -0.472 e. The van der Waals surface area contributed by atoms with E-state index in [1.807, 2.05) is 0 Å². The molecule has 39 heavy (non-hydrogen) atoms. The quantitative estimate of drug-likeness (QED) is 0.229. The highest BCUT2D eigenvalue weighted by Gasteiger charge is 2.53. The van der Waals surface area contributed by atoms with E-state index in [1.54, 1.807) is 12.2 Å². The summed E-state index contributed by atoms with van der Waals surface area (Å²) in [6, 6.07) is 0. The number of fused-ring (bicyclic) bond motifs is 1. The van der Waals surface area contributed by atoms with Gasteiger partial charge in [-0.3, -0.25) is 24.0 Å². The Hall–Kier alpha value is -3.49. The van der Waals surface area contributed by atoms with Gasteiger partial charge in [0.15, 0.2) is 18.5 Å². The van der Waals surface area contributed by atoms with Crippen LogP contribution >= 0.6 is 0 Å². The van der Waals surface area contributed by atoms with Gasteiger partial charge in [0.2, 0.25) is 6.29 Å². The molecule has 216 valence electrons. The number of carbonyl (C=O) groups is 5. The predicted octanol–water partition coefficient (Wildman–Crippen LogP) is 0.0525. The standard InChI is InChI=1S/C25H32O14/c1-11(26)33-9-16-8-18(35-13(3)28)17-6-7-32-24(20(16)17)39-25-21(31)23(37-15(5)30)22(36-14(4)29)19(38-25)10-34-12(2)27/h6-8,17-25,31H,9-10H2,1-5H3/t17-,18-,19+,20+,21+,22+,23+,24-,25-/m0/s1. The highest BCUT2D eigenvalue weighted by Crippen LogP contribution is 2.42. The molecule has 0 saturated carbocycles. The first kappa shape index (κ1) is 30.1. The molecule has 0 unspecified atom stereocenters. The van der Waals surface area contributed by atoms with Crippen molar-refractivity contribution in [2.75, 3.05) is 13.2 Å². The molecule has 1 N–H and O–H groups in total. The third kappa shape index (κ3) is 7.77. The van der Waals surface area contributed by atoms with Crippen LogP contribution < -0.4 is 0 Å². The summed E-state index contributed by atoms with van der Waals surface area (Å²) < 4.78 is 43.6. The molecule has 9 atom stereocenters. The maximum Gasteiger partial charge on any atom is 0.303 e. The average Bonchev–Trinajstić information content (AvgIpc) is 3.18. The lowest BCUT2D eigenvalue weighted by Gasteiger charge is -2.44. The van der Waals surface area contributed by atoms with Crippen molar-refractivity contribution in [1.29, 1.82) is 0 Å². The molecule has 0 aromatic heterocycles. The van der Waals surface area contributed by atoms with Crippen molar-refractivity contribution in [3.05, 3.63) is 24.0 Å². The van der Waals surface area contributed by atoms with Crippen molar-refractivity contribution in [3.63, 3.8) is 0 Å². The SMILES string of the molecule is CC(=O)OCC1=C[C@H](OC(C)=O)[C@@H]2C=CO[C@@H](O[C@@H]3O[C@H](COC(C)=O)[C@@H](OC(C)=O)[C@H](OC(C)=O)[C@H]3O)[C@H]12. The first-order valence-corrected chi connectivity index (χ1v) is 12.2. The van der Waals surface area contributed by atoms with Crippen molar-refractivity contribution < 1.29 is 67.0 Å². The van der Waals surface area contributed by atoms with Gasteiger partial charge >= 0.3 is 29.8 Å². The summed E-state index contributed by atoms with van der Waals surface area (Å²) in [4.78, 5) is 58.2. The second-order valence-corrected chi connectivity index (χ2v) is 9.15. The lowest BCUT2D eigenvalue weighted by molar-refractivity contribution is -0.341. The summed E-state index contributed by atoms with van der Waals surface area (Å²) in [5.41, 5.74) is 0.534. The second-order valence-electron chi connectivity index (χ2n) is 9.15. The Morgan fingerprint density at radius 2 is 1.44 bits per heavy atom. The molecular weight excluding hydrogens is 524 g/mol. The van der Waals surface area contributed by atoms with Crippen molar-refractivity contribution in [3.8, 4) is 0 Å². The Bertz CT molecular complexity index is 1020. The molecule has 2 heterocycles. The zero-order valence-electron chi connectivity index (χ0n) is 22.1. The molecule has 0 radical (unpaired) electrons. The molecule has 0 aromatic carbocycles. The minimum atomic E-state index is -1.67. The van der Waals surface area contributed by atoms with Crippen LogP contribution in [0.25, 0.3) is 0 Å². The highest BCUT2D eigenvalue weighted by molar-refractivity contribution is 5.68. The van der Waals surface area contributed by atoms with E-state index in [0.717, 1.165) is 20.8 Å². The number of aliphatic hydroxyl groups excluding tert-OH is 1. The molecule has 0 amide bonds.